The van der Waals surface area contributed by atoms with Crippen molar-refractivity contribution in [1.29, 1.82) is 0 Å². The summed E-state index contributed by atoms with van der Waals surface area (Å²) < 4.78 is 7.95. The second-order valence-corrected chi connectivity index (χ2v) is 13.1. The number of nitrogens with one attached hydrogen (secondary N) is 3. The Bertz CT molecular complexity index is 1850. The summed E-state index contributed by atoms with van der Waals surface area (Å²) in [5.41, 5.74) is 12.3. The normalized spacial score (nSPS) is 14.8. The molecule has 1 aliphatic rings. The molecule has 13 heteroatoms. The second-order valence-electron chi connectivity index (χ2n) is 10.9. The predicted molar refractivity (Wildman–Crippen MR) is 183 cm³/mol. The topological polar surface area (TPSA) is 137 Å². The number of pyridine rings is 1. The van der Waals surface area contributed by atoms with Crippen molar-refractivity contribution < 1.29 is 4.74 Å². The summed E-state index contributed by atoms with van der Waals surface area (Å²) in [5, 5.41) is 9.09. The molecule has 12 nitrogen and oxygen atoms in total. The van der Waals surface area contributed by atoms with Crippen LogP contribution in [0.3, 0.4) is 0 Å². The molecule has 0 radical (unpaired) electrons. The molecule has 0 amide bonds. The zero-order valence-corrected chi connectivity index (χ0v) is 26.6. The van der Waals surface area contributed by atoms with Gasteiger partial charge in [-0.15, -0.1) is 0 Å². The quantitative estimate of drug-likeness (QED) is 0.143. The number of aliphatic imine (C=N–C) groups is 1. The molecule has 5 heterocycles. The predicted octanol–water partition coefficient (Wildman–Crippen LogP) is 4.22. The lowest BCUT2D eigenvalue weighted by molar-refractivity contribution is 0.312. The fraction of sp³-hybridized carbons (Fsp3) is 0.290. The molecule has 4 aromatic heterocycles. The van der Waals surface area contributed by atoms with Crippen molar-refractivity contribution in [2.75, 3.05) is 76.2 Å². The summed E-state index contributed by atoms with van der Waals surface area (Å²) in [7, 11) is 5.10. The fourth-order valence-electron chi connectivity index (χ4n) is 5.57. The smallest absolute Gasteiger partial charge is 0.231 e. The number of hydrogen-bond donors (Lipinski definition) is 4. The van der Waals surface area contributed by atoms with Crippen LogP contribution in [0.2, 0.25) is 0 Å². The number of ether oxygens (including phenoxy) is 1. The third-order valence-electron chi connectivity index (χ3n) is 7.82. The summed E-state index contributed by atoms with van der Waals surface area (Å²) in [6.45, 7) is 8.19. The van der Waals surface area contributed by atoms with Gasteiger partial charge in [-0.1, -0.05) is 7.92 Å². The number of aromatic nitrogens is 5. The van der Waals surface area contributed by atoms with Gasteiger partial charge >= 0.3 is 0 Å². The Kier molecular flexibility index (Phi) is 8.36. The molecule has 44 heavy (non-hydrogen) atoms. The SMILES string of the molecule is CN=CC(=CN)c1cc(Nc2nc(Nc3ccn4ccnc4c3P(C)C)c3cc[nH]c3n2)c(OC)cc1N1CCN(C)CC1. The molecule has 0 bridgehead atoms. The number of allylic oxidation sites excluding steroid dienone is 1. The van der Waals surface area contributed by atoms with Crippen LogP contribution in [0.25, 0.3) is 22.3 Å². The zero-order valence-electron chi connectivity index (χ0n) is 25.7. The summed E-state index contributed by atoms with van der Waals surface area (Å²) in [5.74, 6) is 1.77. The maximum atomic E-state index is 6.12. The standard InChI is InChI=1S/C31H38N11OP/c1-33-19-20(18-32)22-16-24(26(43-3)17-25(22)41-14-12-40(2)13-15-41)37-31-38-28-21(6-8-34-28)29(39-31)36-23-7-10-42-11-9-35-30(42)27(23)44(4)5/h6-11,16-19H,12-15,32H2,1-5H3,(H3,34,36,37,38,39). The molecule has 1 aliphatic heterocycles. The molecule has 0 atom stereocenters. The summed E-state index contributed by atoms with van der Waals surface area (Å²) in [6.07, 6.45) is 11.0. The number of imidazole rings is 1. The minimum atomic E-state index is -0.461. The van der Waals surface area contributed by atoms with Gasteiger partial charge in [-0.2, -0.15) is 9.97 Å². The average Bonchev–Trinajstić information content (AvgIpc) is 3.70. The maximum Gasteiger partial charge on any atom is 0.231 e. The number of fused-ring (bicyclic) bond motifs is 2. The Hall–Kier alpha value is -4.67. The highest BCUT2D eigenvalue weighted by Crippen LogP contribution is 2.39. The van der Waals surface area contributed by atoms with Crippen LogP contribution in [0.1, 0.15) is 5.56 Å². The Morgan fingerprint density at radius 3 is 2.64 bits per heavy atom. The molecule has 1 fully saturated rings. The molecule has 1 saturated heterocycles. The van der Waals surface area contributed by atoms with E-state index in [-0.39, 0.29) is 0 Å². The van der Waals surface area contributed by atoms with Crippen molar-refractivity contribution >= 4 is 70.5 Å². The lowest BCUT2D eigenvalue weighted by atomic mass is 10.0. The van der Waals surface area contributed by atoms with Gasteiger partial charge in [0.15, 0.2) is 0 Å². The van der Waals surface area contributed by atoms with Crippen LogP contribution < -0.4 is 31.3 Å². The molecule has 6 rings (SSSR count). The van der Waals surface area contributed by atoms with Gasteiger partial charge in [0, 0.05) is 98.6 Å². The van der Waals surface area contributed by atoms with Crippen molar-refractivity contribution in [2.45, 2.75) is 0 Å². The maximum absolute atomic E-state index is 6.12. The molecule has 0 saturated carbocycles. The largest absolute Gasteiger partial charge is 0.494 e. The van der Waals surface area contributed by atoms with Crippen LogP contribution in [0.15, 0.2) is 60.2 Å². The van der Waals surface area contributed by atoms with Crippen molar-refractivity contribution in [3.05, 3.63) is 60.8 Å². The fourth-order valence-corrected chi connectivity index (χ4v) is 6.76. The number of nitrogens with zero attached hydrogens (tertiary/aromatic N) is 7. The number of anilines is 5. The van der Waals surface area contributed by atoms with Crippen molar-refractivity contribution in [2.24, 2.45) is 10.7 Å². The van der Waals surface area contributed by atoms with E-state index in [0.29, 0.717) is 28.9 Å². The molecule has 0 spiro atoms. The van der Waals surface area contributed by atoms with Gasteiger partial charge in [0.2, 0.25) is 5.95 Å². The van der Waals surface area contributed by atoms with E-state index in [4.69, 9.17) is 20.4 Å². The number of methoxy groups -OCH3 is 1. The van der Waals surface area contributed by atoms with Crippen LogP contribution >= 0.6 is 7.92 Å². The third kappa shape index (κ3) is 5.66. The number of likely N-dealkylation sites (N-methyl/N-ethyl adjacent to an activating group) is 1. The number of nitrogens with two attached hydrogens (primary N) is 1. The van der Waals surface area contributed by atoms with Crippen LogP contribution in [0.4, 0.5) is 28.8 Å². The monoisotopic (exact) mass is 611 g/mol. The number of hydrogen-bond acceptors (Lipinski definition) is 10. The van der Waals surface area contributed by atoms with E-state index in [1.54, 1.807) is 26.6 Å². The minimum absolute atomic E-state index is 0.417. The molecule has 1 aromatic carbocycles. The van der Waals surface area contributed by atoms with E-state index in [1.165, 1.54) is 5.30 Å². The molecule has 5 aromatic rings. The Morgan fingerprint density at radius 1 is 1.09 bits per heavy atom. The van der Waals surface area contributed by atoms with Crippen molar-refractivity contribution in [1.82, 2.24) is 29.2 Å². The van der Waals surface area contributed by atoms with E-state index < -0.39 is 7.92 Å². The highest BCUT2D eigenvalue weighted by molar-refractivity contribution is 7.65. The van der Waals surface area contributed by atoms with E-state index in [2.05, 4.69) is 67.9 Å². The Labute approximate surface area is 257 Å². The number of benzene rings is 1. The third-order valence-corrected chi connectivity index (χ3v) is 9.16. The Morgan fingerprint density at radius 2 is 1.91 bits per heavy atom. The minimum Gasteiger partial charge on any atom is -0.494 e. The van der Waals surface area contributed by atoms with Gasteiger partial charge in [0.05, 0.1) is 23.9 Å². The number of H-pyrrole nitrogens is 1. The summed E-state index contributed by atoms with van der Waals surface area (Å²) in [6, 6.07) is 8.14. The van der Waals surface area contributed by atoms with Crippen LogP contribution in [0.5, 0.6) is 5.75 Å². The van der Waals surface area contributed by atoms with Gasteiger partial charge in [0.1, 0.15) is 22.9 Å². The van der Waals surface area contributed by atoms with Crippen molar-refractivity contribution in [3.8, 4) is 5.75 Å². The first-order valence-corrected chi connectivity index (χ1v) is 16.7. The van der Waals surface area contributed by atoms with Crippen LogP contribution in [-0.4, -0.2) is 96.2 Å². The molecular weight excluding hydrogens is 573 g/mol. The van der Waals surface area contributed by atoms with E-state index >= 15 is 0 Å². The van der Waals surface area contributed by atoms with Crippen molar-refractivity contribution in [3.63, 3.8) is 0 Å². The van der Waals surface area contributed by atoms with Gasteiger partial charge in [-0.3, -0.25) is 4.99 Å². The van der Waals surface area contributed by atoms with E-state index in [1.807, 2.05) is 41.3 Å². The average molecular weight is 612 g/mol. The number of aromatic amines is 1. The summed E-state index contributed by atoms with van der Waals surface area (Å²) >= 11 is 0. The molecular formula is C31H38N11OP. The Balaban J connectivity index is 1.42. The molecule has 0 aliphatic carbocycles. The second kappa shape index (κ2) is 12.5. The first-order chi connectivity index (χ1) is 21.4. The van der Waals surface area contributed by atoms with Gasteiger partial charge in [-0.05, 0) is 38.6 Å². The molecule has 0 unspecified atom stereocenters. The van der Waals surface area contributed by atoms with Crippen LogP contribution in [0, 0.1) is 0 Å². The van der Waals surface area contributed by atoms with E-state index in [0.717, 1.165) is 59.7 Å². The van der Waals surface area contributed by atoms with E-state index in [9.17, 15) is 0 Å². The summed E-state index contributed by atoms with van der Waals surface area (Å²) in [4.78, 5) is 26.6. The van der Waals surface area contributed by atoms with Gasteiger partial charge in [-0.25, -0.2) is 4.98 Å². The number of rotatable bonds is 9. The number of piperazine rings is 1. The first kappa shape index (κ1) is 29.4. The van der Waals surface area contributed by atoms with Gasteiger partial charge in [0.25, 0.3) is 0 Å². The first-order valence-electron chi connectivity index (χ1n) is 14.4. The van der Waals surface area contributed by atoms with Crippen LogP contribution in [-0.2, 0) is 0 Å². The highest BCUT2D eigenvalue weighted by atomic mass is 31.1. The lowest BCUT2D eigenvalue weighted by Crippen LogP contribution is -2.44. The highest BCUT2D eigenvalue weighted by Gasteiger charge is 2.22. The molecule has 228 valence electrons. The van der Waals surface area contributed by atoms with Gasteiger partial charge < -0.3 is 40.3 Å². The molecule has 5 N–H and O–H groups in total. The zero-order chi connectivity index (χ0) is 30.8. The lowest BCUT2D eigenvalue weighted by Gasteiger charge is -2.35.